The molecule has 178 valence electrons. The number of benzene rings is 2. The van der Waals surface area contributed by atoms with Gasteiger partial charge >= 0.3 is 0 Å². The van der Waals surface area contributed by atoms with Gasteiger partial charge in [0.2, 0.25) is 16.7 Å². The molecule has 5 aromatic rings. The predicted octanol–water partition coefficient (Wildman–Crippen LogP) is 4.97. The SMILES string of the molecule is Cc1cccc(C(c2sc3nc(-c4ccco4)nn3c2O)N2CCN(Cc3ccccc3)CC2)c1. The van der Waals surface area contributed by atoms with E-state index in [1.165, 1.54) is 32.5 Å². The fourth-order valence-electron chi connectivity index (χ4n) is 4.83. The van der Waals surface area contributed by atoms with E-state index in [9.17, 15) is 5.11 Å². The smallest absolute Gasteiger partial charge is 0.230 e. The van der Waals surface area contributed by atoms with Crippen molar-refractivity contribution in [3.8, 4) is 17.5 Å². The summed E-state index contributed by atoms with van der Waals surface area (Å²) in [6.07, 6.45) is 1.60. The minimum absolute atomic E-state index is 0.0608. The van der Waals surface area contributed by atoms with Crippen molar-refractivity contribution in [2.24, 2.45) is 0 Å². The van der Waals surface area contributed by atoms with E-state index in [4.69, 9.17) is 4.42 Å². The normalized spacial score (nSPS) is 16.1. The van der Waals surface area contributed by atoms with Gasteiger partial charge in [-0.1, -0.05) is 71.5 Å². The summed E-state index contributed by atoms with van der Waals surface area (Å²) in [5.74, 6) is 1.21. The molecule has 8 heteroatoms. The van der Waals surface area contributed by atoms with Crippen molar-refractivity contribution >= 4 is 16.3 Å². The summed E-state index contributed by atoms with van der Waals surface area (Å²) in [6.45, 7) is 6.84. The largest absolute Gasteiger partial charge is 0.492 e. The van der Waals surface area contributed by atoms with Gasteiger partial charge in [-0.25, -0.2) is 0 Å². The first-order valence-corrected chi connectivity index (χ1v) is 12.7. The number of fused-ring (bicyclic) bond motifs is 1. The number of aromatic hydroxyl groups is 1. The molecule has 1 saturated heterocycles. The lowest BCUT2D eigenvalue weighted by Crippen LogP contribution is -2.47. The van der Waals surface area contributed by atoms with Gasteiger partial charge in [-0.05, 0) is 30.2 Å². The summed E-state index contributed by atoms with van der Waals surface area (Å²) >= 11 is 1.49. The molecule has 4 heterocycles. The maximum Gasteiger partial charge on any atom is 0.230 e. The standard InChI is InChI=1S/C27H27N5O2S/c1-19-7-5-10-21(17-19)23(31-14-12-30(13-15-31)18-20-8-3-2-4-9-20)24-26(33)32-27(35-24)28-25(29-32)22-11-6-16-34-22/h2-11,16-17,23,33H,12-15,18H2,1H3. The number of rotatable bonds is 6. The first-order valence-electron chi connectivity index (χ1n) is 11.8. The van der Waals surface area contributed by atoms with Gasteiger partial charge in [0.25, 0.3) is 0 Å². The predicted molar refractivity (Wildman–Crippen MR) is 137 cm³/mol. The first kappa shape index (κ1) is 22.0. The zero-order valence-corrected chi connectivity index (χ0v) is 20.4. The second-order valence-electron chi connectivity index (χ2n) is 9.01. The third-order valence-corrected chi connectivity index (χ3v) is 7.64. The van der Waals surface area contributed by atoms with Crippen molar-refractivity contribution < 1.29 is 9.52 Å². The molecule has 0 amide bonds. The quantitative estimate of drug-likeness (QED) is 0.366. The van der Waals surface area contributed by atoms with Crippen LogP contribution in [0.25, 0.3) is 16.5 Å². The monoisotopic (exact) mass is 485 g/mol. The van der Waals surface area contributed by atoms with E-state index < -0.39 is 0 Å². The molecule has 1 atom stereocenters. The number of aromatic nitrogens is 3. The lowest BCUT2D eigenvalue weighted by atomic mass is 10.0. The topological polar surface area (TPSA) is 70.0 Å². The molecule has 35 heavy (non-hydrogen) atoms. The van der Waals surface area contributed by atoms with Crippen LogP contribution in [0.3, 0.4) is 0 Å². The van der Waals surface area contributed by atoms with Crippen molar-refractivity contribution in [1.29, 1.82) is 0 Å². The molecule has 1 unspecified atom stereocenters. The van der Waals surface area contributed by atoms with E-state index in [1.807, 2.05) is 6.07 Å². The Hall–Kier alpha value is -3.46. The number of hydrogen-bond donors (Lipinski definition) is 1. The van der Waals surface area contributed by atoms with E-state index in [2.05, 4.69) is 81.4 Å². The Morgan fingerprint density at radius 1 is 1.00 bits per heavy atom. The molecular formula is C27H27N5O2S. The van der Waals surface area contributed by atoms with Crippen LogP contribution in [0.4, 0.5) is 0 Å². The van der Waals surface area contributed by atoms with Crippen molar-refractivity contribution in [2.75, 3.05) is 26.2 Å². The van der Waals surface area contributed by atoms with Crippen LogP contribution in [0.2, 0.25) is 0 Å². The zero-order valence-electron chi connectivity index (χ0n) is 19.5. The molecule has 1 aliphatic rings. The van der Waals surface area contributed by atoms with Gasteiger partial charge in [-0.2, -0.15) is 9.50 Å². The molecule has 0 spiro atoms. The maximum atomic E-state index is 11.3. The van der Waals surface area contributed by atoms with Crippen LogP contribution in [0.1, 0.15) is 27.6 Å². The molecule has 0 radical (unpaired) electrons. The van der Waals surface area contributed by atoms with Crippen LogP contribution in [-0.2, 0) is 6.54 Å². The van der Waals surface area contributed by atoms with E-state index in [-0.39, 0.29) is 11.9 Å². The average Bonchev–Trinajstić information content (AvgIpc) is 3.60. The third kappa shape index (κ3) is 4.36. The van der Waals surface area contributed by atoms with Crippen molar-refractivity contribution in [1.82, 2.24) is 24.4 Å². The Morgan fingerprint density at radius 3 is 2.54 bits per heavy atom. The average molecular weight is 486 g/mol. The molecule has 0 saturated carbocycles. The summed E-state index contributed by atoms with van der Waals surface area (Å²) in [7, 11) is 0. The summed E-state index contributed by atoms with van der Waals surface area (Å²) in [5, 5.41) is 15.8. The highest BCUT2D eigenvalue weighted by atomic mass is 32.1. The van der Waals surface area contributed by atoms with Gasteiger partial charge in [0.15, 0.2) is 5.76 Å². The van der Waals surface area contributed by atoms with Crippen molar-refractivity contribution in [3.63, 3.8) is 0 Å². The van der Waals surface area contributed by atoms with E-state index in [0.29, 0.717) is 16.5 Å². The molecular weight excluding hydrogens is 458 g/mol. The van der Waals surface area contributed by atoms with Crippen molar-refractivity contribution in [2.45, 2.75) is 19.5 Å². The molecule has 7 nitrogen and oxygen atoms in total. The lowest BCUT2D eigenvalue weighted by Gasteiger charge is -2.39. The summed E-state index contributed by atoms with van der Waals surface area (Å²) < 4.78 is 6.97. The highest BCUT2D eigenvalue weighted by Crippen LogP contribution is 2.41. The molecule has 6 rings (SSSR count). The third-order valence-electron chi connectivity index (χ3n) is 6.57. The van der Waals surface area contributed by atoms with E-state index >= 15 is 0 Å². The van der Waals surface area contributed by atoms with Gasteiger partial charge in [-0.3, -0.25) is 9.80 Å². The summed E-state index contributed by atoms with van der Waals surface area (Å²) in [6, 6.07) is 22.8. The van der Waals surface area contributed by atoms with Crippen LogP contribution in [0.5, 0.6) is 5.88 Å². The van der Waals surface area contributed by atoms with Gasteiger partial charge in [-0.15, -0.1) is 5.10 Å². The Morgan fingerprint density at radius 2 is 1.83 bits per heavy atom. The Kier molecular flexibility index (Phi) is 5.85. The highest BCUT2D eigenvalue weighted by Gasteiger charge is 2.32. The molecule has 1 N–H and O–H groups in total. The summed E-state index contributed by atoms with van der Waals surface area (Å²) in [4.78, 5) is 11.1. The van der Waals surface area contributed by atoms with Gasteiger partial charge in [0, 0.05) is 32.7 Å². The van der Waals surface area contributed by atoms with Crippen LogP contribution < -0.4 is 0 Å². The highest BCUT2D eigenvalue weighted by molar-refractivity contribution is 7.17. The number of aryl methyl sites for hydroxylation is 1. The van der Waals surface area contributed by atoms with Crippen LogP contribution in [0, 0.1) is 6.92 Å². The van der Waals surface area contributed by atoms with Crippen molar-refractivity contribution in [3.05, 3.63) is 94.6 Å². The van der Waals surface area contributed by atoms with Crippen LogP contribution in [0.15, 0.2) is 77.4 Å². The Bertz CT molecular complexity index is 1420. The second-order valence-corrected chi connectivity index (χ2v) is 10.0. The molecule has 3 aromatic heterocycles. The number of hydrogen-bond acceptors (Lipinski definition) is 7. The molecule has 1 aliphatic heterocycles. The lowest BCUT2D eigenvalue weighted by molar-refractivity contribution is 0.105. The Balaban J connectivity index is 1.30. The maximum absolute atomic E-state index is 11.3. The number of piperazine rings is 1. The molecule has 1 fully saturated rings. The van der Waals surface area contributed by atoms with Gasteiger partial charge in [0.05, 0.1) is 17.2 Å². The second kappa shape index (κ2) is 9.30. The summed E-state index contributed by atoms with van der Waals surface area (Å²) in [5.41, 5.74) is 3.72. The molecule has 0 bridgehead atoms. The molecule has 0 aliphatic carbocycles. The van der Waals surface area contributed by atoms with Gasteiger partial charge in [0.1, 0.15) is 0 Å². The number of nitrogens with zero attached hydrogens (tertiary/aromatic N) is 5. The van der Waals surface area contributed by atoms with Crippen LogP contribution >= 0.6 is 11.3 Å². The number of furan rings is 1. The molecule has 2 aromatic carbocycles. The van der Waals surface area contributed by atoms with E-state index in [1.54, 1.807) is 12.3 Å². The van der Waals surface area contributed by atoms with Gasteiger partial charge < -0.3 is 9.52 Å². The zero-order chi connectivity index (χ0) is 23.8. The van der Waals surface area contributed by atoms with E-state index in [0.717, 1.165) is 37.6 Å². The fraction of sp³-hybridized carbons (Fsp3) is 0.259. The fourth-order valence-corrected chi connectivity index (χ4v) is 5.95. The Labute approximate surface area is 207 Å². The minimum atomic E-state index is -0.0608. The number of thiazole rings is 1. The van der Waals surface area contributed by atoms with Crippen LogP contribution in [-0.4, -0.2) is 55.7 Å². The first-order chi connectivity index (χ1) is 17.2. The minimum Gasteiger partial charge on any atom is -0.492 e.